The van der Waals surface area contributed by atoms with Gasteiger partial charge in [-0.15, -0.1) is 11.7 Å². The zero-order valence-corrected chi connectivity index (χ0v) is 12.0. The van der Waals surface area contributed by atoms with Gasteiger partial charge in [-0.2, -0.15) is 10.1 Å². The number of rotatable bonds is 7. The standard InChI is InChI=1S/C14H17N5O2/c1-4-7-15-14-18-13(9-16-19-14)17-11-8-10(20-2)5-6-12(11)21-3/h4-6,8-9H,1,7H2,2-3H3,(H2,15,17,18,19). The maximum absolute atomic E-state index is 5.30. The molecule has 7 nitrogen and oxygen atoms in total. The van der Waals surface area contributed by atoms with Crippen molar-refractivity contribution < 1.29 is 9.47 Å². The van der Waals surface area contributed by atoms with Gasteiger partial charge < -0.3 is 20.1 Å². The second-order valence-electron chi connectivity index (χ2n) is 4.03. The zero-order chi connectivity index (χ0) is 15.1. The number of anilines is 3. The van der Waals surface area contributed by atoms with E-state index in [-0.39, 0.29) is 0 Å². The van der Waals surface area contributed by atoms with Crippen LogP contribution < -0.4 is 20.1 Å². The first kappa shape index (κ1) is 14.6. The molecule has 7 heteroatoms. The molecule has 0 amide bonds. The van der Waals surface area contributed by atoms with Gasteiger partial charge in [-0.05, 0) is 12.1 Å². The monoisotopic (exact) mass is 287 g/mol. The van der Waals surface area contributed by atoms with Crippen LogP contribution in [0.15, 0.2) is 37.1 Å². The number of ether oxygens (including phenoxy) is 2. The fourth-order valence-electron chi connectivity index (χ4n) is 1.65. The quantitative estimate of drug-likeness (QED) is 0.756. The molecule has 0 aliphatic heterocycles. The van der Waals surface area contributed by atoms with Crippen molar-refractivity contribution in [2.45, 2.75) is 0 Å². The van der Waals surface area contributed by atoms with E-state index in [1.165, 1.54) is 6.20 Å². The van der Waals surface area contributed by atoms with Crippen molar-refractivity contribution in [1.29, 1.82) is 0 Å². The van der Waals surface area contributed by atoms with Gasteiger partial charge in [0.25, 0.3) is 0 Å². The summed E-state index contributed by atoms with van der Waals surface area (Å²) < 4.78 is 10.5. The maximum atomic E-state index is 5.30. The molecule has 0 atom stereocenters. The number of hydrogen-bond donors (Lipinski definition) is 2. The van der Waals surface area contributed by atoms with E-state index >= 15 is 0 Å². The van der Waals surface area contributed by atoms with E-state index in [2.05, 4.69) is 32.4 Å². The lowest BCUT2D eigenvalue weighted by Crippen LogP contribution is -2.06. The van der Waals surface area contributed by atoms with Crippen molar-refractivity contribution in [3.05, 3.63) is 37.1 Å². The van der Waals surface area contributed by atoms with Crippen LogP contribution in [-0.4, -0.2) is 35.9 Å². The highest BCUT2D eigenvalue weighted by Gasteiger charge is 2.07. The van der Waals surface area contributed by atoms with Gasteiger partial charge in [0.2, 0.25) is 5.95 Å². The first-order valence-electron chi connectivity index (χ1n) is 6.30. The van der Waals surface area contributed by atoms with E-state index < -0.39 is 0 Å². The lowest BCUT2D eigenvalue weighted by molar-refractivity contribution is 0.405. The van der Waals surface area contributed by atoms with Gasteiger partial charge in [0, 0.05) is 12.6 Å². The van der Waals surface area contributed by atoms with E-state index in [1.807, 2.05) is 18.2 Å². The molecular weight excluding hydrogens is 270 g/mol. The largest absolute Gasteiger partial charge is 0.497 e. The molecule has 1 aromatic heterocycles. The van der Waals surface area contributed by atoms with Gasteiger partial charge in [0.1, 0.15) is 11.5 Å². The molecule has 0 saturated carbocycles. The van der Waals surface area contributed by atoms with Crippen LogP contribution in [-0.2, 0) is 0 Å². The number of hydrogen-bond acceptors (Lipinski definition) is 7. The molecule has 0 aliphatic rings. The minimum atomic E-state index is 0.418. The van der Waals surface area contributed by atoms with Gasteiger partial charge in [-0.3, -0.25) is 0 Å². The van der Waals surface area contributed by atoms with E-state index in [0.717, 1.165) is 5.69 Å². The van der Waals surface area contributed by atoms with Gasteiger partial charge in [0.15, 0.2) is 5.82 Å². The van der Waals surface area contributed by atoms with Crippen LogP contribution in [0.4, 0.5) is 17.5 Å². The Balaban J connectivity index is 2.22. The summed E-state index contributed by atoms with van der Waals surface area (Å²) in [4.78, 5) is 4.30. The highest BCUT2D eigenvalue weighted by atomic mass is 16.5. The summed E-state index contributed by atoms with van der Waals surface area (Å²) in [5, 5.41) is 13.9. The molecule has 2 N–H and O–H groups in total. The van der Waals surface area contributed by atoms with Crippen LogP contribution in [0.2, 0.25) is 0 Å². The Morgan fingerprint density at radius 2 is 2.14 bits per heavy atom. The summed E-state index contributed by atoms with van der Waals surface area (Å²) in [5.41, 5.74) is 0.729. The molecule has 0 spiro atoms. The van der Waals surface area contributed by atoms with Gasteiger partial charge in [-0.1, -0.05) is 6.08 Å². The molecule has 2 aromatic rings. The molecule has 0 aliphatic carbocycles. The topological polar surface area (TPSA) is 81.2 Å². The summed E-state index contributed by atoms with van der Waals surface area (Å²) >= 11 is 0. The Morgan fingerprint density at radius 3 is 2.86 bits per heavy atom. The summed E-state index contributed by atoms with van der Waals surface area (Å²) in [6.45, 7) is 4.19. The zero-order valence-electron chi connectivity index (χ0n) is 12.0. The maximum Gasteiger partial charge on any atom is 0.244 e. The summed E-state index contributed by atoms with van der Waals surface area (Å²) in [5.74, 6) is 2.35. The van der Waals surface area contributed by atoms with Crippen molar-refractivity contribution in [2.24, 2.45) is 0 Å². The molecule has 1 aromatic carbocycles. The highest BCUT2D eigenvalue weighted by molar-refractivity contribution is 5.66. The number of nitrogens with one attached hydrogen (secondary N) is 2. The summed E-state index contributed by atoms with van der Waals surface area (Å²) in [6, 6.07) is 5.45. The molecule has 0 unspecified atom stereocenters. The van der Waals surface area contributed by atoms with Crippen molar-refractivity contribution in [2.75, 3.05) is 31.4 Å². The third kappa shape index (κ3) is 3.82. The number of nitrogens with zero attached hydrogens (tertiary/aromatic N) is 3. The predicted octanol–water partition coefficient (Wildman–Crippen LogP) is 2.23. The summed E-state index contributed by atoms with van der Waals surface area (Å²) in [7, 11) is 3.21. The fourth-order valence-corrected chi connectivity index (χ4v) is 1.65. The molecule has 1 heterocycles. The van der Waals surface area contributed by atoms with Crippen LogP contribution in [0.1, 0.15) is 0 Å². The summed E-state index contributed by atoms with van der Waals surface area (Å²) in [6.07, 6.45) is 3.24. The van der Waals surface area contributed by atoms with Gasteiger partial charge >= 0.3 is 0 Å². The minimum Gasteiger partial charge on any atom is -0.497 e. The Morgan fingerprint density at radius 1 is 1.29 bits per heavy atom. The van der Waals surface area contributed by atoms with Crippen molar-refractivity contribution in [3.8, 4) is 11.5 Å². The van der Waals surface area contributed by atoms with Crippen molar-refractivity contribution in [3.63, 3.8) is 0 Å². The van der Waals surface area contributed by atoms with Crippen LogP contribution in [0, 0.1) is 0 Å². The first-order chi connectivity index (χ1) is 10.3. The second-order valence-corrected chi connectivity index (χ2v) is 4.03. The average Bonchev–Trinajstić information content (AvgIpc) is 2.53. The smallest absolute Gasteiger partial charge is 0.244 e. The Hall–Kier alpha value is -2.83. The van der Waals surface area contributed by atoms with Crippen molar-refractivity contribution >= 4 is 17.5 Å². The first-order valence-corrected chi connectivity index (χ1v) is 6.30. The number of methoxy groups -OCH3 is 2. The van der Waals surface area contributed by atoms with Crippen molar-refractivity contribution in [1.82, 2.24) is 15.2 Å². The van der Waals surface area contributed by atoms with E-state index in [0.29, 0.717) is 29.8 Å². The fraction of sp³-hybridized carbons (Fsp3) is 0.214. The van der Waals surface area contributed by atoms with Crippen LogP contribution in [0.3, 0.4) is 0 Å². The SMILES string of the molecule is C=CCNc1nncc(Nc2cc(OC)ccc2OC)n1. The molecular formula is C14H17N5O2. The Kier molecular flexibility index (Phi) is 4.92. The lowest BCUT2D eigenvalue weighted by Gasteiger charge is -2.12. The van der Waals surface area contributed by atoms with E-state index in [4.69, 9.17) is 9.47 Å². The van der Waals surface area contributed by atoms with Crippen LogP contribution in [0.25, 0.3) is 0 Å². The lowest BCUT2D eigenvalue weighted by atomic mass is 10.2. The predicted molar refractivity (Wildman–Crippen MR) is 81.3 cm³/mol. The average molecular weight is 287 g/mol. The molecule has 0 radical (unpaired) electrons. The molecule has 21 heavy (non-hydrogen) atoms. The molecule has 0 fully saturated rings. The van der Waals surface area contributed by atoms with E-state index in [9.17, 15) is 0 Å². The van der Waals surface area contributed by atoms with Crippen LogP contribution >= 0.6 is 0 Å². The molecule has 0 bridgehead atoms. The molecule has 0 saturated heterocycles. The number of benzene rings is 1. The second kappa shape index (κ2) is 7.09. The Labute approximate surface area is 123 Å². The Bertz CT molecular complexity index is 618. The van der Waals surface area contributed by atoms with Gasteiger partial charge in [0.05, 0.1) is 26.1 Å². The molecule has 2 rings (SSSR count). The normalized spacial score (nSPS) is 9.81. The molecule has 110 valence electrons. The third-order valence-electron chi connectivity index (χ3n) is 2.63. The third-order valence-corrected chi connectivity index (χ3v) is 2.63. The number of aromatic nitrogens is 3. The minimum absolute atomic E-state index is 0.418. The van der Waals surface area contributed by atoms with E-state index in [1.54, 1.807) is 20.3 Å². The van der Waals surface area contributed by atoms with Crippen LogP contribution in [0.5, 0.6) is 11.5 Å². The highest BCUT2D eigenvalue weighted by Crippen LogP contribution is 2.30. The van der Waals surface area contributed by atoms with Gasteiger partial charge in [-0.25, -0.2) is 0 Å².